The summed E-state index contributed by atoms with van der Waals surface area (Å²) in [6.07, 6.45) is 3.16. The Hall–Kier alpha value is -1.13. The van der Waals surface area contributed by atoms with E-state index in [0.29, 0.717) is 6.04 Å². The minimum atomic E-state index is 0.604. The third-order valence-electron chi connectivity index (χ3n) is 4.32. The van der Waals surface area contributed by atoms with Gasteiger partial charge in [-0.2, -0.15) is 0 Å². The van der Waals surface area contributed by atoms with Crippen LogP contribution in [0, 0.1) is 19.8 Å². The molecule has 4 heteroatoms. The topological polar surface area (TPSA) is 37.4 Å². The van der Waals surface area contributed by atoms with Crippen LogP contribution in [0.15, 0.2) is 6.20 Å². The lowest BCUT2D eigenvalue weighted by Crippen LogP contribution is -2.51. The summed E-state index contributed by atoms with van der Waals surface area (Å²) in [4.78, 5) is 7.22. The molecule has 0 saturated carbocycles. The highest BCUT2D eigenvalue weighted by molar-refractivity contribution is 5.41. The number of ether oxygens (including phenoxy) is 1. The van der Waals surface area contributed by atoms with Gasteiger partial charge in [-0.3, -0.25) is 9.88 Å². The van der Waals surface area contributed by atoms with Crippen LogP contribution in [0.2, 0.25) is 0 Å². The van der Waals surface area contributed by atoms with E-state index in [1.54, 1.807) is 7.11 Å². The standard InChI is InChI=1S/C17H29N3O/c1-12(2)8-15-10-18-6-7-20(15)11-16-14(4)17(21-5)13(3)9-19-16/h9,12,15,18H,6-8,10-11H2,1-5H3. The first-order valence-electron chi connectivity index (χ1n) is 7.96. The smallest absolute Gasteiger partial charge is 0.128 e. The maximum absolute atomic E-state index is 5.53. The number of rotatable bonds is 5. The molecule has 1 aliphatic heterocycles. The van der Waals surface area contributed by atoms with Gasteiger partial charge < -0.3 is 10.1 Å². The molecule has 1 aliphatic rings. The van der Waals surface area contributed by atoms with Crippen molar-refractivity contribution in [3.05, 3.63) is 23.0 Å². The van der Waals surface area contributed by atoms with Gasteiger partial charge in [-0.15, -0.1) is 0 Å². The monoisotopic (exact) mass is 291 g/mol. The van der Waals surface area contributed by atoms with Crippen molar-refractivity contribution in [1.82, 2.24) is 15.2 Å². The first kappa shape index (κ1) is 16.2. The Morgan fingerprint density at radius 2 is 2.19 bits per heavy atom. The van der Waals surface area contributed by atoms with Crippen LogP contribution in [-0.4, -0.2) is 42.7 Å². The highest BCUT2D eigenvalue weighted by Crippen LogP contribution is 2.26. The van der Waals surface area contributed by atoms with Crippen LogP contribution < -0.4 is 10.1 Å². The predicted octanol–water partition coefficient (Wildman–Crippen LogP) is 2.53. The SMILES string of the molecule is COc1c(C)cnc(CN2CCNCC2CC(C)C)c1C. The lowest BCUT2D eigenvalue weighted by molar-refractivity contribution is 0.132. The Labute approximate surface area is 128 Å². The van der Waals surface area contributed by atoms with Crippen molar-refractivity contribution in [2.24, 2.45) is 5.92 Å². The Bertz CT molecular complexity index is 473. The van der Waals surface area contributed by atoms with E-state index in [4.69, 9.17) is 4.74 Å². The summed E-state index contributed by atoms with van der Waals surface area (Å²) in [6, 6.07) is 0.604. The Morgan fingerprint density at radius 3 is 2.86 bits per heavy atom. The fourth-order valence-corrected chi connectivity index (χ4v) is 3.21. The molecule has 0 amide bonds. The van der Waals surface area contributed by atoms with E-state index in [1.807, 2.05) is 6.20 Å². The van der Waals surface area contributed by atoms with Crippen LogP contribution in [0.25, 0.3) is 0 Å². The second-order valence-corrected chi connectivity index (χ2v) is 6.50. The summed E-state index contributed by atoms with van der Waals surface area (Å²) >= 11 is 0. The predicted molar refractivity (Wildman–Crippen MR) is 86.8 cm³/mol. The molecule has 0 spiro atoms. The molecule has 0 radical (unpaired) electrons. The van der Waals surface area contributed by atoms with E-state index in [2.05, 4.69) is 42.9 Å². The molecule has 0 aromatic carbocycles. The first-order chi connectivity index (χ1) is 10.0. The molecule has 1 saturated heterocycles. The number of hydrogen-bond acceptors (Lipinski definition) is 4. The normalized spacial score (nSPS) is 20.0. The maximum Gasteiger partial charge on any atom is 0.128 e. The molecule has 21 heavy (non-hydrogen) atoms. The van der Waals surface area contributed by atoms with Gasteiger partial charge in [-0.25, -0.2) is 0 Å². The van der Waals surface area contributed by atoms with E-state index in [9.17, 15) is 0 Å². The van der Waals surface area contributed by atoms with Crippen molar-refractivity contribution in [2.45, 2.75) is 46.7 Å². The van der Waals surface area contributed by atoms with Crippen molar-refractivity contribution in [1.29, 1.82) is 0 Å². The number of aromatic nitrogens is 1. The summed E-state index contributed by atoms with van der Waals surface area (Å²) in [5.41, 5.74) is 3.44. The Morgan fingerprint density at radius 1 is 1.43 bits per heavy atom. The molecule has 1 aromatic heterocycles. The van der Waals surface area contributed by atoms with Crippen molar-refractivity contribution in [3.8, 4) is 5.75 Å². The number of nitrogens with zero attached hydrogens (tertiary/aromatic N) is 2. The first-order valence-corrected chi connectivity index (χ1v) is 7.96. The summed E-state index contributed by atoms with van der Waals surface area (Å²) in [5, 5.41) is 3.52. The molecule has 0 bridgehead atoms. The van der Waals surface area contributed by atoms with Crippen LogP contribution in [0.4, 0.5) is 0 Å². The molecule has 1 aromatic rings. The lowest BCUT2D eigenvalue weighted by atomic mass is 10.00. The van der Waals surface area contributed by atoms with Gasteiger partial charge in [-0.1, -0.05) is 13.8 Å². The van der Waals surface area contributed by atoms with Gasteiger partial charge in [-0.05, 0) is 26.2 Å². The van der Waals surface area contributed by atoms with Gasteiger partial charge >= 0.3 is 0 Å². The van der Waals surface area contributed by atoms with E-state index < -0.39 is 0 Å². The largest absolute Gasteiger partial charge is 0.496 e. The van der Waals surface area contributed by atoms with Gasteiger partial charge in [0, 0.05) is 49.5 Å². The average molecular weight is 291 g/mol. The van der Waals surface area contributed by atoms with Crippen molar-refractivity contribution >= 4 is 0 Å². The third kappa shape index (κ3) is 3.95. The molecule has 1 atom stereocenters. The van der Waals surface area contributed by atoms with Crippen LogP contribution >= 0.6 is 0 Å². The lowest BCUT2D eigenvalue weighted by Gasteiger charge is -2.37. The third-order valence-corrected chi connectivity index (χ3v) is 4.32. The molecule has 4 nitrogen and oxygen atoms in total. The minimum absolute atomic E-state index is 0.604. The summed E-state index contributed by atoms with van der Waals surface area (Å²) in [6.45, 7) is 12.9. The number of methoxy groups -OCH3 is 1. The minimum Gasteiger partial charge on any atom is -0.496 e. The Kier molecular flexibility index (Phi) is 5.59. The number of pyridine rings is 1. The highest BCUT2D eigenvalue weighted by atomic mass is 16.5. The van der Waals surface area contributed by atoms with E-state index in [1.165, 1.54) is 12.0 Å². The van der Waals surface area contributed by atoms with Crippen LogP contribution in [0.1, 0.15) is 37.1 Å². The van der Waals surface area contributed by atoms with Gasteiger partial charge in [0.25, 0.3) is 0 Å². The molecular weight excluding hydrogens is 262 g/mol. The van der Waals surface area contributed by atoms with Crippen LogP contribution in [0.5, 0.6) is 5.75 Å². The zero-order valence-corrected chi connectivity index (χ0v) is 14.1. The summed E-state index contributed by atoms with van der Waals surface area (Å²) < 4.78 is 5.53. The van der Waals surface area contributed by atoms with Gasteiger partial charge in [0.05, 0.1) is 12.8 Å². The molecule has 1 unspecified atom stereocenters. The van der Waals surface area contributed by atoms with Crippen LogP contribution in [-0.2, 0) is 6.54 Å². The van der Waals surface area contributed by atoms with Crippen molar-refractivity contribution in [2.75, 3.05) is 26.7 Å². The maximum atomic E-state index is 5.53. The molecule has 2 heterocycles. The number of hydrogen-bond donors (Lipinski definition) is 1. The fraction of sp³-hybridized carbons (Fsp3) is 0.706. The van der Waals surface area contributed by atoms with E-state index >= 15 is 0 Å². The summed E-state index contributed by atoms with van der Waals surface area (Å²) in [7, 11) is 1.74. The molecule has 1 fully saturated rings. The number of piperazine rings is 1. The molecule has 1 N–H and O–H groups in total. The quantitative estimate of drug-likeness (QED) is 0.904. The van der Waals surface area contributed by atoms with Gasteiger partial charge in [0.15, 0.2) is 0 Å². The van der Waals surface area contributed by atoms with Crippen LogP contribution in [0.3, 0.4) is 0 Å². The van der Waals surface area contributed by atoms with Gasteiger partial charge in [0.2, 0.25) is 0 Å². The zero-order chi connectivity index (χ0) is 15.4. The average Bonchev–Trinajstić information content (AvgIpc) is 2.44. The molecule has 2 rings (SSSR count). The second kappa shape index (κ2) is 7.23. The van der Waals surface area contributed by atoms with Gasteiger partial charge in [0.1, 0.15) is 5.75 Å². The zero-order valence-electron chi connectivity index (χ0n) is 14.1. The second-order valence-electron chi connectivity index (χ2n) is 6.50. The van der Waals surface area contributed by atoms with E-state index in [-0.39, 0.29) is 0 Å². The fourth-order valence-electron chi connectivity index (χ4n) is 3.21. The van der Waals surface area contributed by atoms with E-state index in [0.717, 1.165) is 49.1 Å². The molecule has 0 aliphatic carbocycles. The Balaban J connectivity index is 2.15. The summed E-state index contributed by atoms with van der Waals surface area (Å²) in [5.74, 6) is 1.70. The number of nitrogens with one attached hydrogen (secondary N) is 1. The van der Waals surface area contributed by atoms with Crippen molar-refractivity contribution < 1.29 is 4.74 Å². The molecular formula is C17H29N3O. The van der Waals surface area contributed by atoms with Crippen molar-refractivity contribution in [3.63, 3.8) is 0 Å². The number of aryl methyl sites for hydroxylation is 1. The highest BCUT2D eigenvalue weighted by Gasteiger charge is 2.24. The molecule has 118 valence electrons.